The Hall–Kier alpha value is -1.09. The van der Waals surface area contributed by atoms with Crippen molar-refractivity contribution >= 4 is 5.82 Å². The summed E-state index contributed by atoms with van der Waals surface area (Å²) in [5.74, 6) is 1.01. The third-order valence-electron chi connectivity index (χ3n) is 2.10. The van der Waals surface area contributed by atoms with Crippen LogP contribution < -0.4 is 5.43 Å². The molecule has 0 spiro atoms. The fourth-order valence-electron chi connectivity index (χ4n) is 1.34. The van der Waals surface area contributed by atoms with Crippen LogP contribution in [0.2, 0.25) is 0 Å². The van der Waals surface area contributed by atoms with E-state index in [2.05, 4.69) is 35.3 Å². The highest BCUT2D eigenvalue weighted by atomic mass is 15.5. The Morgan fingerprint density at radius 3 is 3.08 bits per heavy atom. The van der Waals surface area contributed by atoms with Crippen molar-refractivity contribution in [1.82, 2.24) is 9.99 Å². The van der Waals surface area contributed by atoms with Crippen LogP contribution in [0.15, 0.2) is 18.3 Å². The topological polar surface area (TPSA) is 28.2 Å². The molecule has 1 aromatic heterocycles. The average molecular weight is 163 g/mol. The van der Waals surface area contributed by atoms with Gasteiger partial charge in [-0.25, -0.2) is 9.99 Å². The van der Waals surface area contributed by atoms with Crippen LogP contribution >= 0.6 is 0 Å². The second-order valence-electron chi connectivity index (χ2n) is 3.34. The first kappa shape index (κ1) is 7.55. The maximum atomic E-state index is 4.24. The van der Waals surface area contributed by atoms with E-state index in [-0.39, 0.29) is 0 Å². The highest BCUT2D eigenvalue weighted by Crippen LogP contribution is 2.22. The Bertz CT molecular complexity index is 258. The molecular formula is C9H13N3. The van der Waals surface area contributed by atoms with Crippen molar-refractivity contribution in [3.8, 4) is 0 Å². The van der Waals surface area contributed by atoms with Gasteiger partial charge in [-0.15, -0.1) is 0 Å². The number of hydrogen-bond acceptors (Lipinski definition) is 3. The Balaban J connectivity index is 2.22. The molecule has 1 aliphatic rings. The summed E-state index contributed by atoms with van der Waals surface area (Å²) in [5, 5.41) is 2.18. The molecule has 64 valence electrons. The molecule has 1 aliphatic heterocycles. The molecule has 0 fully saturated rings. The normalized spacial score (nSPS) is 16.2. The van der Waals surface area contributed by atoms with E-state index in [1.54, 1.807) is 0 Å². The maximum Gasteiger partial charge on any atom is 0.144 e. The summed E-state index contributed by atoms with van der Waals surface area (Å²) in [6.45, 7) is 5.29. The monoisotopic (exact) mass is 163 g/mol. The number of fused-ring (bicyclic) bond motifs is 1. The van der Waals surface area contributed by atoms with E-state index in [1.807, 2.05) is 12.3 Å². The predicted octanol–water partition coefficient (Wildman–Crippen LogP) is 1.63. The van der Waals surface area contributed by atoms with Crippen molar-refractivity contribution in [2.45, 2.75) is 26.4 Å². The van der Waals surface area contributed by atoms with Crippen molar-refractivity contribution in [2.24, 2.45) is 0 Å². The maximum absolute atomic E-state index is 4.24. The van der Waals surface area contributed by atoms with Gasteiger partial charge in [-0.05, 0) is 19.9 Å². The molecule has 2 rings (SSSR count). The molecule has 1 aromatic rings. The number of pyridine rings is 1. The summed E-state index contributed by atoms with van der Waals surface area (Å²) < 4.78 is 0. The van der Waals surface area contributed by atoms with Crippen LogP contribution in [0.1, 0.15) is 19.4 Å². The molecule has 2 heterocycles. The fourth-order valence-corrected chi connectivity index (χ4v) is 1.34. The molecule has 0 saturated heterocycles. The Morgan fingerprint density at radius 2 is 2.42 bits per heavy atom. The lowest BCUT2D eigenvalue weighted by atomic mass is 10.2. The number of hydrogen-bond donors (Lipinski definition) is 1. The largest absolute Gasteiger partial charge is 0.302 e. The lowest BCUT2D eigenvalue weighted by molar-refractivity contribution is 0.279. The minimum absolute atomic E-state index is 0.513. The summed E-state index contributed by atoms with van der Waals surface area (Å²) in [6.07, 6.45) is 1.82. The van der Waals surface area contributed by atoms with Crippen molar-refractivity contribution in [2.75, 3.05) is 5.43 Å². The quantitative estimate of drug-likeness (QED) is 0.682. The molecule has 3 nitrogen and oxygen atoms in total. The number of aromatic nitrogens is 1. The van der Waals surface area contributed by atoms with E-state index < -0.39 is 0 Å². The minimum Gasteiger partial charge on any atom is -0.302 e. The molecule has 12 heavy (non-hydrogen) atoms. The van der Waals surface area contributed by atoms with Crippen molar-refractivity contribution in [3.05, 3.63) is 23.9 Å². The van der Waals surface area contributed by atoms with E-state index in [4.69, 9.17) is 0 Å². The van der Waals surface area contributed by atoms with E-state index in [1.165, 1.54) is 5.56 Å². The molecule has 3 heteroatoms. The lowest BCUT2D eigenvalue weighted by Crippen LogP contribution is -2.30. The summed E-state index contributed by atoms with van der Waals surface area (Å²) in [5.41, 5.74) is 4.54. The molecule has 0 aliphatic carbocycles. The van der Waals surface area contributed by atoms with Crippen LogP contribution in [0, 0.1) is 0 Å². The van der Waals surface area contributed by atoms with Gasteiger partial charge in [0.05, 0.1) is 0 Å². The molecule has 0 saturated carbocycles. The number of rotatable bonds is 1. The first-order valence-corrected chi connectivity index (χ1v) is 4.24. The minimum atomic E-state index is 0.513. The van der Waals surface area contributed by atoms with Crippen molar-refractivity contribution < 1.29 is 0 Å². The average Bonchev–Trinajstić information content (AvgIpc) is 2.46. The molecule has 0 amide bonds. The molecule has 0 atom stereocenters. The van der Waals surface area contributed by atoms with Crippen LogP contribution in [0.4, 0.5) is 5.82 Å². The third kappa shape index (κ3) is 1.16. The van der Waals surface area contributed by atoms with Gasteiger partial charge in [0, 0.05) is 24.3 Å². The Kier molecular flexibility index (Phi) is 1.73. The molecule has 1 N–H and O–H groups in total. The SMILES string of the molecule is CC(C)N1Cc2cccnc2N1. The number of anilines is 1. The zero-order chi connectivity index (χ0) is 8.55. The first-order chi connectivity index (χ1) is 5.77. The molecule has 0 unspecified atom stereocenters. The van der Waals surface area contributed by atoms with Gasteiger partial charge in [0.2, 0.25) is 0 Å². The smallest absolute Gasteiger partial charge is 0.144 e. The van der Waals surface area contributed by atoms with Crippen LogP contribution in [0.5, 0.6) is 0 Å². The van der Waals surface area contributed by atoms with Gasteiger partial charge in [0.25, 0.3) is 0 Å². The van der Waals surface area contributed by atoms with Gasteiger partial charge in [-0.3, -0.25) is 0 Å². The van der Waals surface area contributed by atoms with Crippen LogP contribution in [-0.4, -0.2) is 16.0 Å². The Morgan fingerprint density at radius 1 is 1.58 bits per heavy atom. The fraction of sp³-hybridized carbons (Fsp3) is 0.444. The number of hydrazine groups is 1. The predicted molar refractivity (Wildman–Crippen MR) is 48.5 cm³/mol. The summed E-state index contributed by atoms with van der Waals surface area (Å²) in [4.78, 5) is 4.24. The molecule has 0 radical (unpaired) electrons. The third-order valence-corrected chi connectivity index (χ3v) is 2.10. The van der Waals surface area contributed by atoms with Gasteiger partial charge in [-0.2, -0.15) is 0 Å². The summed E-state index contributed by atoms with van der Waals surface area (Å²) in [7, 11) is 0. The molecule has 0 bridgehead atoms. The van der Waals surface area contributed by atoms with Gasteiger partial charge < -0.3 is 5.43 Å². The first-order valence-electron chi connectivity index (χ1n) is 4.24. The second-order valence-corrected chi connectivity index (χ2v) is 3.34. The second kappa shape index (κ2) is 2.75. The van der Waals surface area contributed by atoms with E-state index >= 15 is 0 Å². The summed E-state index contributed by atoms with van der Waals surface area (Å²) in [6, 6.07) is 4.60. The van der Waals surface area contributed by atoms with Crippen LogP contribution in [-0.2, 0) is 6.54 Å². The number of nitrogens with one attached hydrogen (secondary N) is 1. The van der Waals surface area contributed by atoms with Crippen molar-refractivity contribution in [1.29, 1.82) is 0 Å². The zero-order valence-corrected chi connectivity index (χ0v) is 7.41. The van der Waals surface area contributed by atoms with Crippen LogP contribution in [0.3, 0.4) is 0 Å². The molecule has 0 aromatic carbocycles. The van der Waals surface area contributed by atoms with E-state index in [0.717, 1.165) is 12.4 Å². The zero-order valence-electron chi connectivity index (χ0n) is 7.41. The highest BCUT2D eigenvalue weighted by Gasteiger charge is 2.20. The lowest BCUT2D eigenvalue weighted by Gasteiger charge is -2.19. The highest BCUT2D eigenvalue weighted by molar-refractivity contribution is 5.46. The van der Waals surface area contributed by atoms with Gasteiger partial charge in [0.1, 0.15) is 5.82 Å². The van der Waals surface area contributed by atoms with E-state index in [0.29, 0.717) is 6.04 Å². The molecular weight excluding hydrogens is 150 g/mol. The summed E-state index contributed by atoms with van der Waals surface area (Å²) >= 11 is 0. The van der Waals surface area contributed by atoms with Crippen LogP contribution in [0.25, 0.3) is 0 Å². The van der Waals surface area contributed by atoms with Gasteiger partial charge in [0.15, 0.2) is 0 Å². The number of nitrogens with zero attached hydrogens (tertiary/aromatic N) is 2. The van der Waals surface area contributed by atoms with Crippen molar-refractivity contribution in [3.63, 3.8) is 0 Å². The van der Waals surface area contributed by atoms with Gasteiger partial charge >= 0.3 is 0 Å². The Labute approximate surface area is 72.4 Å². The van der Waals surface area contributed by atoms with Gasteiger partial charge in [-0.1, -0.05) is 6.07 Å². The standard InChI is InChI=1S/C9H13N3/c1-7(2)12-6-8-4-3-5-10-9(8)11-12/h3-5,7H,6H2,1-2H3,(H,10,11). The van der Waals surface area contributed by atoms with E-state index in [9.17, 15) is 0 Å².